The summed E-state index contributed by atoms with van der Waals surface area (Å²) in [5.41, 5.74) is 6.35. The first-order valence-electron chi connectivity index (χ1n) is 6.93. The first-order chi connectivity index (χ1) is 11.0. The van der Waals surface area contributed by atoms with Gasteiger partial charge in [-0.25, -0.2) is 0 Å². The number of hydrogen-bond donors (Lipinski definition) is 2. The first kappa shape index (κ1) is 16.4. The predicted octanol–water partition coefficient (Wildman–Crippen LogP) is 1.66. The first-order valence-corrected chi connectivity index (χ1v) is 6.93. The third kappa shape index (κ3) is 4.00. The average Bonchev–Trinajstić information content (AvgIpc) is 2.59. The van der Waals surface area contributed by atoms with E-state index in [2.05, 4.69) is 5.32 Å². The Morgan fingerprint density at radius 3 is 2.22 bits per heavy atom. The molecule has 0 aliphatic heterocycles. The van der Waals surface area contributed by atoms with E-state index < -0.39 is 17.9 Å². The minimum atomic E-state index is -0.955. The molecule has 120 valence electrons. The van der Waals surface area contributed by atoms with Crippen molar-refractivity contribution < 1.29 is 19.1 Å². The van der Waals surface area contributed by atoms with Gasteiger partial charge in [-0.1, -0.05) is 18.2 Å². The smallest absolute Gasteiger partial charge is 0.252 e. The lowest BCUT2D eigenvalue weighted by molar-refractivity contribution is -0.120. The summed E-state index contributed by atoms with van der Waals surface area (Å²) in [4.78, 5) is 24.1. The highest BCUT2D eigenvalue weighted by Crippen LogP contribution is 2.20. The summed E-state index contributed by atoms with van der Waals surface area (Å²) in [6, 6.07) is 12.5. The molecule has 2 rings (SSSR count). The highest BCUT2D eigenvalue weighted by molar-refractivity contribution is 5.97. The van der Waals surface area contributed by atoms with E-state index in [0.29, 0.717) is 22.6 Å². The third-order valence-corrected chi connectivity index (χ3v) is 3.32. The van der Waals surface area contributed by atoms with E-state index >= 15 is 0 Å². The summed E-state index contributed by atoms with van der Waals surface area (Å²) in [5, 5.41) is 2.63. The van der Waals surface area contributed by atoms with E-state index in [4.69, 9.17) is 15.2 Å². The molecule has 0 aliphatic rings. The van der Waals surface area contributed by atoms with Gasteiger partial charge in [-0.05, 0) is 35.9 Å². The van der Waals surface area contributed by atoms with Gasteiger partial charge in [0.05, 0.1) is 14.2 Å². The van der Waals surface area contributed by atoms with Gasteiger partial charge in [-0.2, -0.15) is 0 Å². The molecule has 2 amide bonds. The van der Waals surface area contributed by atoms with Crippen molar-refractivity contribution in [3.63, 3.8) is 0 Å². The molecule has 0 bridgehead atoms. The third-order valence-electron chi connectivity index (χ3n) is 3.32. The zero-order valence-corrected chi connectivity index (χ0v) is 12.9. The van der Waals surface area contributed by atoms with Gasteiger partial charge in [-0.15, -0.1) is 0 Å². The summed E-state index contributed by atoms with van der Waals surface area (Å²) in [7, 11) is 3.03. The molecule has 0 spiro atoms. The van der Waals surface area contributed by atoms with Crippen LogP contribution in [0.25, 0.3) is 0 Å². The molecule has 3 N–H and O–H groups in total. The number of primary amides is 1. The molecule has 0 radical (unpaired) electrons. The maximum absolute atomic E-state index is 12.3. The van der Waals surface area contributed by atoms with Crippen LogP contribution in [-0.2, 0) is 4.79 Å². The number of ether oxygens (including phenoxy) is 2. The summed E-state index contributed by atoms with van der Waals surface area (Å²) in [6.07, 6.45) is 0. The number of amides is 2. The van der Waals surface area contributed by atoms with Gasteiger partial charge in [0.2, 0.25) is 5.91 Å². The molecule has 6 nitrogen and oxygen atoms in total. The van der Waals surface area contributed by atoms with Crippen LogP contribution >= 0.6 is 0 Å². The minimum Gasteiger partial charge on any atom is -0.497 e. The second kappa shape index (κ2) is 7.31. The van der Waals surface area contributed by atoms with Crippen molar-refractivity contribution in [2.24, 2.45) is 5.73 Å². The monoisotopic (exact) mass is 314 g/mol. The van der Waals surface area contributed by atoms with E-state index in [1.165, 1.54) is 14.2 Å². The summed E-state index contributed by atoms with van der Waals surface area (Å²) in [6.45, 7) is 0. The normalized spacial score (nSPS) is 11.4. The Balaban J connectivity index is 2.25. The second-order valence-electron chi connectivity index (χ2n) is 4.82. The maximum atomic E-state index is 12.3. The van der Waals surface area contributed by atoms with Crippen molar-refractivity contribution >= 4 is 11.8 Å². The van der Waals surface area contributed by atoms with Crippen LogP contribution in [0.4, 0.5) is 0 Å². The van der Waals surface area contributed by atoms with Gasteiger partial charge >= 0.3 is 0 Å². The van der Waals surface area contributed by atoms with Crippen LogP contribution in [0.15, 0.2) is 48.5 Å². The summed E-state index contributed by atoms with van der Waals surface area (Å²) in [5.74, 6) is 0.0454. The fourth-order valence-electron chi connectivity index (χ4n) is 2.12. The zero-order chi connectivity index (χ0) is 16.8. The van der Waals surface area contributed by atoms with Crippen LogP contribution in [0.2, 0.25) is 0 Å². The van der Waals surface area contributed by atoms with Crippen molar-refractivity contribution in [3.05, 3.63) is 59.7 Å². The molecular formula is C17H18N2O4. The zero-order valence-electron chi connectivity index (χ0n) is 12.9. The molecule has 0 saturated carbocycles. The highest BCUT2D eigenvalue weighted by Gasteiger charge is 2.21. The number of methoxy groups -OCH3 is 2. The number of carbonyl (C=O) groups is 2. The molecule has 0 aliphatic carbocycles. The van der Waals surface area contributed by atoms with Crippen molar-refractivity contribution in [1.82, 2.24) is 5.32 Å². The predicted molar refractivity (Wildman–Crippen MR) is 85.4 cm³/mol. The standard InChI is InChI=1S/C17H18N2O4/c1-22-13-7-3-5-11(9-13)15(16(18)20)19-17(21)12-6-4-8-14(10-12)23-2/h3-10,15H,1-2H3,(H2,18,20)(H,19,21). The van der Waals surface area contributed by atoms with Crippen LogP contribution in [0.1, 0.15) is 22.0 Å². The molecule has 0 heterocycles. The van der Waals surface area contributed by atoms with Gasteiger partial charge < -0.3 is 20.5 Å². The Morgan fingerprint density at radius 2 is 1.61 bits per heavy atom. The molecule has 2 aromatic carbocycles. The van der Waals surface area contributed by atoms with Crippen LogP contribution < -0.4 is 20.5 Å². The number of rotatable bonds is 6. The number of hydrogen-bond acceptors (Lipinski definition) is 4. The van der Waals surface area contributed by atoms with E-state index in [1.807, 2.05) is 0 Å². The molecule has 0 fully saturated rings. The number of nitrogens with one attached hydrogen (secondary N) is 1. The average molecular weight is 314 g/mol. The van der Waals surface area contributed by atoms with Gasteiger partial charge in [0.25, 0.3) is 5.91 Å². The molecule has 2 aromatic rings. The Morgan fingerprint density at radius 1 is 1.00 bits per heavy atom. The molecule has 6 heteroatoms. The number of benzene rings is 2. The molecule has 0 aromatic heterocycles. The largest absolute Gasteiger partial charge is 0.497 e. The van der Waals surface area contributed by atoms with Crippen molar-refractivity contribution in [3.8, 4) is 11.5 Å². The molecule has 1 atom stereocenters. The van der Waals surface area contributed by atoms with Gasteiger partial charge in [0.15, 0.2) is 0 Å². The van der Waals surface area contributed by atoms with E-state index in [9.17, 15) is 9.59 Å². The van der Waals surface area contributed by atoms with Crippen LogP contribution in [-0.4, -0.2) is 26.0 Å². The second-order valence-corrected chi connectivity index (χ2v) is 4.82. The van der Waals surface area contributed by atoms with Crippen molar-refractivity contribution in [2.75, 3.05) is 14.2 Å². The van der Waals surface area contributed by atoms with Gasteiger partial charge in [0.1, 0.15) is 17.5 Å². The number of nitrogens with two attached hydrogens (primary N) is 1. The molecule has 23 heavy (non-hydrogen) atoms. The topological polar surface area (TPSA) is 90.6 Å². The lowest BCUT2D eigenvalue weighted by Crippen LogP contribution is -2.37. The van der Waals surface area contributed by atoms with Crippen molar-refractivity contribution in [2.45, 2.75) is 6.04 Å². The Labute approximate surface area is 134 Å². The maximum Gasteiger partial charge on any atom is 0.252 e. The molecule has 0 saturated heterocycles. The summed E-state index contributed by atoms with van der Waals surface area (Å²) >= 11 is 0. The SMILES string of the molecule is COc1cccc(C(=O)NC(C(N)=O)c2cccc(OC)c2)c1. The number of carbonyl (C=O) groups excluding carboxylic acids is 2. The Hall–Kier alpha value is -3.02. The quantitative estimate of drug-likeness (QED) is 0.848. The lowest BCUT2D eigenvalue weighted by atomic mass is 10.1. The molecule has 1 unspecified atom stereocenters. The van der Waals surface area contributed by atoms with Gasteiger partial charge in [0, 0.05) is 5.56 Å². The fraction of sp³-hybridized carbons (Fsp3) is 0.176. The van der Waals surface area contributed by atoms with E-state index in [0.717, 1.165) is 0 Å². The van der Waals surface area contributed by atoms with Crippen LogP contribution in [0.5, 0.6) is 11.5 Å². The van der Waals surface area contributed by atoms with Crippen LogP contribution in [0.3, 0.4) is 0 Å². The molecular weight excluding hydrogens is 296 g/mol. The fourth-order valence-corrected chi connectivity index (χ4v) is 2.12. The minimum absolute atomic E-state index is 0.374. The lowest BCUT2D eigenvalue weighted by Gasteiger charge is -2.17. The highest BCUT2D eigenvalue weighted by atomic mass is 16.5. The van der Waals surface area contributed by atoms with Gasteiger partial charge in [-0.3, -0.25) is 9.59 Å². The van der Waals surface area contributed by atoms with Crippen LogP contribution in [0, 0.1) is 0 Å². The van der Waals surface area contributed by atoms with E-state index in [-0.39, 0.29) is 0 Å². The Bertz CT molecular complexity index is 715. The Kier molecular flexibility index (Phi) is 5.19. The van der Waals surface area contributed by atoms with E-state index in [1.54, 1.807) is 48.5 Å². The summed E-state index contributed by atoms with van der Waals surface area (Å²) < 4.78 is 10.2. The van der Waals surface area contributed by atoms with Crippen molar-refractivity contribution in [1.29, 1.82) is 0 Å².